The Morgan fingerprint density at radius 2 is 2.00 bits per heavy atom. The summed E-state index contributed by atoms with van der Waals surface area (Å²) in [6.07, 6.45) is 0.779. The first-order chi connectivity index (χ1) is 8.08. The summed E-state index contributed by atoms with van der Waals surface area (Å²) in [5.74, 6) is 0.843. The van der Waals surface area contributed by atoms with Crippen molar-refractivity contribution < 1.29 is 9.53 Å². The molecule has 1 N–H and O–H groups in total. The van der Waals surface area contributed by atoms with Gasteiger partial charge >= 0.3 is 0 Å². The zero-order valence-corrected chi connectivity index (χ0v) is 12.0. The van der Waals surface area contributed by atoms with Crippen LogP contribution in [0.4, 0.5) is 0 Å². The Bertz CT molecular complexity index is 364. The predicted octanol–water partition coefficient (Wildman–Crippen LogP) is 3.05. The highest BCUT2D eigenvalue weighted by Gasteiger charge is 2.15. The molecule has 1 amide bonds. The first kappa shape index (κ1) is 14.0. The standard InChI is InChI=1S/C13H18BrNO2/c1-4-12(14)13(16)15-9(2)10-5-7-11(17-3)8-6-10/h5-9,12H,4H2,1-3H3,(H,15,16)/t9-,12?/m0/s1. The van der Waals surface area contributed by atoms with Crippen LogP contribution in [0.15, 0.2) is 24.3 Å². The molecule has 0 aliphatic heterocycles. The van der Waals surface area contributed by atoms with Gasteiger partial charge in [-0.1, -0.05) is 35.0 Å². The van der Waals surface area contributed by atoms with Crippen molar-refractivity contribution in [1.29, 1.82) is 0 Å². The number of nitrogens with one attached hydrogen (secondary N) is 1. The summed E-state index contributed by atoms with van der Waals surface area (Å²) in [6, 6.07) is 7.70. The highest BCUT2D eigenvalue weighted by molar-refractivity contribution is 9.10. The fourth-order valence-corrected chi connectivity index (χ4v) is 1.60. The summed E-state index contributed by atoms with van der Waals surface area (Å²) in [7, 11) is 1.64. The SMILES string of the molecule is CCC(Br)C(=O)N[C@@H](C)c1ccc(OC)cc1. The summed E-state index contributed by atoms with van der Waals surface area (Å²) in [5.41, 5.74) is 1.06. The van der Waals surface area contributed by atoms with Gasteiger partial charge in [-0.05, 0) is 31.0 Å². The van der Waals surface area contributed by atoms with Gasteiger partial charge in [0.1, 0.15) is 5.75 Å². The van der Waals surface area contributed by atoms with Crippen LogP contribution in [-0.4, -0.2) is 17.8 Å². The van der Waals surface area contributed by atoms with Crippen LogP contribution >= 0.6 is 15.9 Å². The first-order valence-corrected chi connectivity index (χ1v) is 6.58. The van der Waals surface area contributed by atoms with E-state index in [1.165, 1.54) is 0 Å². The minimum Gasteiger partial charge on any atom is -0.497 e. The second-order valence-electron chi connectivity index (χ2n) is 3.88. The maximum Gasteiger partial charge on any atom is 0.234 e. The van der Waals surface area contributed by atoms with Gasteiger partial charge in [0.2, 0.25) is 5.91 Å². The molecule has 1 rings (SSSR count). The molecular weight excluding hydrogens is 282 g/mol. The summed E-state index contributed by atoms with van der Waals surface area (Å²) in [5, 5.41) is 2.96. The Hall–Kier alpha value is -1.03. The monoisotopic (exact) mass is 299 g/mol. The molecule has 0 spiro atoms. The number of hydrogen-bond donors (Lipinski definition) is 1. The molecule has 2 atom stereocenters. The smallest absolute Gasteiger partial charge is 0.234 e. The minimum atomic E-state index is -0.122. The zero-order valence-electron chi connectivity index (χ0n) is 10.4. The van der Waals surface area contributed by atoms with Gasteiger partial charge in [-0.25, -0.2) is 0 Å². The molecule has 0 heterocycles. The maximum absolute atomic E-state index is 11.7. The average Bonchev–Trinajstić information content (AvgIpc) is 2.37. The Morgan fingerprint density at radius 3 is 2.47 bits per heavy atom. The lowest BCUT2D eigenvalue weighted by molar-refractivity contribution is -0.121. The summed E-state index contributed by atoms with van der Waals surface area (Å²) < 4.78 is 5.09. The number of methoxy groups -OCH3 is 1. The van der Waals surface area contributed by atoms with Crippen LogP contribution in [0.3, 0.4) is 0 Å². The summed E-state index contributed by atoms with van der Waals surface area (Å²) in [4.78, 5) is 11.6. The van der Waals surface area contributed by atoms with Gasteiger partial charge in [0.15, 0.2) is 0 Å². The quantitative estimate of drug-likeness (QED) is 0.849. The van der Waals surface area contributed by atoms with Gasteiger partial charge in [0.05, 0.1) is 18.0 Å². The van der Waals surface area contributed by atoms with E-state index < -0.39 is 0 Å². The Labute approximate surface area is 111 Å². The molecule has 0 aliphatic carbocycles. The number of halogens is 1. The van der Waals surface area contributed by atoms with Crippen LogP contribution in [0.25, 0.3) is 0 Å². The lowest BCUT2D eigenvalue weighted by Crippen LogP contribution is -2.32. The minimum absolute atomic E-state index is 0.00000567. The molecule has 1 aromatic rings. The van der Waals surface area contributed by atoms with Crippen LogP contribution in [0.2, 0.25) is 0 Å². The number of benzene rings is 1. The Balaban J connectivity index is 2.63. The van der Waals surface area contributed by atoms with E-state index in [2.05, 4.69) is 21.2 Å². The highest BCUT2D eigenvalue weighted by atomic mass is 79.9. The summed E-state index contributed by atoms with van der Waals surface area (Å²) in [6.45, 7) is 3.94. The lowest BCUT2D eigenvalue weighted by Gasteiger charge is -2.16. The van der Waals surface area contributed by atoms with Crippen molar-refractivity contribution in [2.24, 2.45) is 0 Å². The molecule has 0 saturated carbocycles. The van der Waals surface area contributed by atoms with Crippen LogP contribution in [-0.2, 0) is 4.79 Å². The van der Waals surface area contributed by atoms with Gasteiger partial charge in [-0.3, -0.25) is 4.79 Å². The van der Waals surface area contributed by atoms with Gasteiger partial charge < -0.3 is 10.1 Å². The van der Waals surface area contributed by atoms with Crippen molar-refractivity contribution >= 4 is 21.8 Å². The molecule has 0 aliphatic rings. The van der Waals surface area contributed by atoms with Crippen molar-refractivity contribution in [3.8, 4) is 5.75 Å². The fourth-order valence-electron chi connectivity index (χ4n) is 1.47. The third-order valence-electron chi connectivity index (χ3n) is 2.62. The second-order valence-corrected chi connectivity index (χ2v) is 4.98. The first-order valence-electron chi connectivity index (χ1n) is 5.66. The Kier molecular flexibility index (Phi) is 5.48. The second kappa shape index (κ2) is 6.64. The van der Waals surface area contributed by atoms with E-state index >= 15 is 0 Å². The topological polar surface area (TPSA) is 38.3 Å². The van der Waals surface area contributed by atoms with Gasteiger partial charge in [0.25, 0.3) is 0 Å². The lowest BCUT2D eigenvalue weighted by atomic mass is 10.1. The van der Waals surface area contributed by atoms with Crippen LogP contribution < -0.4 is 10.1 Å². The molecule has 1 unspecified atom stereocenters. The fraction of sp³-hybridized carbons (Fsp3) is 0.462. The largest absolute Gasteiger partial charge is 0.497 e. The van der Waals surface area contributed by atoms with E-state index in [4.69, 9.17) is 4.74 Å². The van der Waals surface area contributed by atoms with E-state index in [0.29, 0.717) is 0 Å². The third-order valence-corrected chi connectivity index (χ3v) is 3.68. The molecule has 0 fully saturated rings. The molecule has 0 aromatic heterocycles. The summed E-state index contributed by atoms with van der Waals surface area (Å²) >= 11 is 3.33. The number of alkyl halides is 1. The number of amides is 1. The number of carbonyl (C=O) groups excluding carboxylic acids is 1. The number of rotatable bonds is 5. The van der Waals surface area contributed by atoms with E-state index in [9.17, 15) is 4.79 Å². The van der Waals surface area contributed by atoms with Crippen LogP contribution in [0.5, 0.6) is 5.75 Å². The van der Waals surface area contributed by atoms with Crippen molar-refractivity contribution in [2.45, 2.75) is 31.1 Å². The van der Waals surface area contributed by atoms with Crippen molar-refractivity contribution in [2.75, 3.05) is 7.11 Å². The van der Waals surface area contributed by atoms with E-state index in [1.807, 2.05) is 38.1 Å². The van der Waals surface area contributed by atoms with Crippen molar-refractivity contribution in [1.82, 2.24) is 5.32 Å². The van der Waals surface area contributed by atoms with E-state index in [1.54, 1.807) is 7.11 Å². The molecular formula is C13H18BrNO2. The van der Waals surface area contributed by atoms with Gasteiger partial charge in [0, 0.05) is 0 Å². The van der Waals surface area contributed by atoms with Crippen molar-refractivity contribution in [3.63, 3.8) is 0 Å². The molecule has 0 saturated heterocycles. The average molecular weight is 300 g/mol. The van der Waals surface area contributed by atoms with Crippen molar-refractivity contribution in [3.05, 3.63) is 29.8 Å². The molecule has 3 nitrogen and oxygen atoms in total. The highest BCUT2D eigenvalue weighted by Crippen LogP contribution is 2.18. The van der Waals surface area contributed by atoms with Crippen LogP contribution in [0, 0.1) is 0 Å². The van der Waals surface area contributed by atoms with E-state index in [-0.39, 0.29) is 16.8 Å². The number of carbonyl (C=O) groups is 1. The molecule has 0 radical (unpaired) electrons. The molecule has 94 valence electrons. The maximum atomic E-state index is 11.7. The zero-order chi connectivity index (χ0) is 12.8. The molecule has 0 bridgehead atoms. The van der Waals surface area contributed by atoms with Crippen LogP contribution in [0.1, 0.15) is 31.9 Å². The number of hydrogen-bond acceptors (Lipinski definition) is 2. The Morgan fingerprint density at radius 1 is 1.41 bits per heavy atom. The normalized spacial score (nSPS) is 13.9. The van der Waals surface area contributed by atoms with Gasteiger partial charge in [-0.15, -0.1) is 0 Å². The molecule has 1 aromatic carbocycles. The third kappa shape index (κ3) is 4.04. The molecule has 4 heteroatoms. The van der Waals surface area contributed by atoms with Gasteiger partial charge in [-0.2, -0.15) is 0 Å². The predicted molar refractivity (Wildman–Crippen MR) is 72.6 cm³/mol. The molecule has 17 heavy (non-hydrogen) atoms. The van der Waals surface area contributed by atoms with E-state index in [0.717, 1.165) is 17.7 Å². The number of ether oxygens (including phenoxy) is 1.